The third-order valence-electron chi connectivity index (χ3n) is 12.6. The Hall–Kier alpha value is -1.10. The molecule has 0 aromatic carbocycles. The highest BCUT2D eigenvalue weighted by Gasteiger charge is 2.82. The van der Waals surface area contributed by atoms with E-state index in [-0.39, 0.29) is 53.8 Å². The van der Waals surface area contributed by atoms with Crippen LogP contribution in [0.25, 0.3) is 0 Å². The second-order valence-corrected chi connectivity index (χ2v) is 14.2. The van der Waals surface area contributed by atoms with Crippen LogP contribution in [-0.4, -0.2) is 84.1 Å². The fourth-order valence-electron chi connectivity index (χ4n) is 10.1. The number of Topliss-reactive ketones (excluding diaryl/α,β-unsaturated/α-hetero) is 1. The van der Waals surface area contributed by atoms with E-state index in [4.69, 9.17) is 9.47 Å². The SMILES string of the molecule is C[C@](O)([C@@H]1C[C@](C)(O)[C@@](C)(O)C(=O)O1)[C@H]1CC[C@H]2[C@@H]3CC4OC45[C@@H](O)[C@@H](O)CC(=O)[C@]5(C)[C@H]3CC[C@]12C. The Bertz CT molecular complexity index is 1040. The molecule has 6 fully saturated rings. The summed E-state index contributed by atoms with van der Waals surface area (Å²) in [5.74, 6) is -0.772. The number of aliphatic hydroxyl groups is 5. The molecule has 4 saturated carbocycles. The van der Waals surface area contributed by atoms with Crippen LogP contribution in [0.1, 0.15) is 79.6 Å². The summed E-state index contributed by atoms with van der Waals surface area (Å²) in [4.78, 5) is 26.1. The number of rotatable bonds is 2. The molecule has 6 aliphatic rings. The van der Waals surface area contributed by atoms with Crippen molar-refractivity contribution < 1.29 is 44.6 Å². The lowest BCUT2D eigenvalue weighted by Gasteiger charge is -2.60. The first-order valence-corrected chi connectivity index (χ1v) is 13.9. The van der Waals surface area contributed by atoms with Gasteiger partial charge in [0.25, 0.3) is 0 Å². The molecule has 2 aliphatic heterocycles. The van der Waals surface area contributed by atoms with Crippen molar-refractivity contribution in [3.63, 3.8) is 0 Å². The smallest absolute Gasteiger partial charge is 0.341 e. The second-order valence-electron chi connectivity index (χ2n) is 14.2. The van der Waals surface area contributed by atoms with Gasteiger partial charge in [-0.3, -0.25) is 4.79 Å². The highest BCUT2D eigenvalue weighted by molar-refractivity contribution is 5.89. The Morgan fingerprint density at radius 2 is 1.68 bits per heavy atom. The largest absolute Gasteiger partial charge is 0.457 e. The number of hydrogen-bond acceptors (Lipinski definition) is 9. The van der Waals surface area contributed by atoms with E-state index < -0.39 is 52.1 Å². The van der Waals surface area contributed by atoms with Gasteiger partial charge in [0, 0.05) is 12.8 Å². The van der Waals surface area contributed by atoms with Gasteiger partial charge in [-0.2, -0.15) is 0 Å². The molecule has 14 atom stereocenters. The van der Waals surface area contributed by atoms with Crippen LogP contribution < -0.4 is 0 Å². The van der Waals surface area contributed by atoms with E-state index in [1.165, 1.54) is 13.8 Å². The van der Waals surface area contributed by atoms with Crippen LogP contribution in [0.4, 0.5) is 0 Å². The molecule has 2 saturated heterocycles. The number of fused-ring (bicyclic) bond motifs is 4. The minimum absolute atomic E-state index is 0.0195. The maximum absolute atomic E-state index is 13.5. The lowest BCUT2D eigenvalue weighted by Crippen LogP contribution is -2.69. The average molecular weight is 523 g/mol. The number of cyclic esters (lactones) is 1. The van der Waals surface area contributed by atoms with Crippen LogP contribution in [-0.2, 0) is 19.1 Å². The van der Waals surface area contributed by atoms with Gasteiger partial charge in [-0.1, -0.05) is 6.92 Å². The van der Waals surface area contributed by atoms with E-state index in [2.05, 4.69) is 6.92 Å². The molecule has 0 aromatic heterocycles. The molecule has 37 heavy (non-hydrogen) atoms. The lowest BCUT2D eigenvalue weighted by molar-refractivity contribution is -0.251. The molecule has 6 rings (SSSR count). The predicted octanol–water partition coefficient (Wildman–Crippen LogP) is 0.856. The van der Waals surface area contributed by atoms with E-state index in [9.17, 15) is 35.1 Å². The number of carbonyl (C=O) groups is 2. The van der Waals surface area contributed by atoms with Gasteiger partial charge in [-0.25, -0.2) is 4.79 Å². The first-order valence-electron chi connectivity index (χ1n) is 13.9. The van der Waals surface area contributed by atoms with Gasteiger partial charge >= 0.3 is 5.97 Å². The third-order valence-corrected chi connectivity index (χ3v) is 12.6. The highest BCUT2D eigenvalue weighted by atomic mass is 16.6. The van der Waals surface area contributed by atoms with E-state index in [1.54, 1.807) is 6.92 Å². The summed E-state index contributed by atoms with van der Waals surface area (Å²) in [5.41, 5.74) is -7.37. The molecular formula is C28H42O9. The van der Waals surface area contributed by atoms with E-state index in [1.807, 2.05) is 6.92 Å². The summed E-state index contributed by atoms with van der Waals surface area (Å²) in [6.45, 7) is 8.45. The third kappa shape index (κ3) is 2.91. The first kappa shape index (κ1) is 26.1. The predicted molar refractivity (Wildman–Crippen MR) is 129 cm³/mol. The maximum Gasteiger partial charge on any atom is 0.341 e. The zero-order valence-corrected chi connectivity index (χ0v) is 22.4. The van der Waals surface area contributed by atoms with Crippen molar-refractivity contribution in [3.05, 3.63) is 0 Å². The number of hydrogen-bond donors (Lipinski definition) is 5. The Kier molecular flexibility index (Phi) is 5.19. The minimum Gasteiger partial charge on any atom is -0.457 e. The molecule has 2 heterocycles. The number of ether oxygens (including phenoxy) is 2. The Balaban J connectivity index is 1.30. The van der Waals surface area contributed by atoms with E-state index >= 15 is 0 Å². The molecule has 0 amide bonds. The fourth-order valence-corrected chi connectivity index (χ4v) is 10.1. The zero-order valence-electron chi connectivity index (χ0n) is 22.4. The normalized spacial score (nSPS) is 60.4. The van der Waals surface area contributed by atoms with Crippen molar-refractivity contribution >= 4 is 11.8 Å². The van der Waals surface area contributed by atoms with Crippen molar-refractivity contribution in [2.24, 2.45) is 34.5 Å². The molecule has 9 heteroatoms. The molecule has 5 N–H and O–H groups in total. The molecule has 9 nitrogen and oxygen atoms in total. The standard InChI is InChI=1S/C28H42O9/c1-23-9-8-15-13(10-19-28(37-19)21(31)16(29)11-18(30)25(15,28)3)14(23)6-7-17(23)26(4,34)20-12-24(2,33)27(5,35)22(32)36-20/h13-17,19-21,29,31,33-35H,6-12H2,1-5H3/t13-,14-,15-,16-,17-,19?,20-,21-,23-,24-,25-,26+,27-,28?/m0/s1. The van der Waals surface area contributed by atoms with E-state index in [0.717, 1.165) is 19.3 Å². The van der Waals surface area contributed by atoms with Gasteiger partial charge in [0.2, 0.25) is 0 Å². The molecule has 2 unspecified atom stereocenters. The Morgan fingerprint density at radius 1 is 1.00 bits per heavy atom. The molecule has 208 valence electrons. The van der Waals surface area contributed by atoms with Crippen molar-refractivity contribution in [1.29, 1.82) is 0 Å². The van der Waals surface area contributed by atoms with E-state index in [0.29, 0.717) is 12.8 Å². The molecular weight excluding hydrogens is 480 g/mol. The van der Waals surface area contributed by atoms with Crippen molar-refractivity contribution in [3.8, 4) is 0 Å². The average Bonchev–Trinajstić information content (AvgIpc) is 3.42. The summed E-state index contributed by atoms with van der Waals surface area (Å²) < 4.78 is 11.7. The Morgan fingerprint density at radius 3 is 2.32 bits per heavy atom. The summed E-state index contributed by atoms with van der Waals surface area (Å²) in [6.07, 6.45) is 0.232. The van der Waals surface area contributed by atoms with Crippen LogP contribution >= 0.6 is 0 Å². The van der Waals surface area contributed by atoms with Gasteiger partial charge in [0.15, 0.2) is 5.60 Å². The molecule has 1 spiro atoms. The number of ketones is 1. The fraction of sp³-hybridized carbons (Fsp3) is 0.929. The highest BCUT2D eigenvalue weighted by Crippen LogP contribution is 2.74. The van der Waals surface area contributed by atoms with Crippen molar-refractivity contribution in [1.82, 2.24) is 0 Å². The van der Waals surface area contributed by atoms with Gasteiger partial charge in [-0.05, 0) is 88.9 Å². The van der Waals surface area contributed by atoms with Crippen molar-refractivity contribution in [2.45, 2.75) is 126 Å². The summed E-state index contributed by atoms with van der Waals surface area (Å²) in [6, 6.07) is 0. The maximum atomic E-state index is 13.5. The lowest BCUT2D eigenvalue weighted by atomic mass is 9.43. The van der Waals surface area contributed by atoms with Gasteiger partial charge in [-0.15, -0.1) is 0 Å². The van der Waals surface area contributed by atoms with Crippen LogP contribution in [0.15, 0.2) is 0 Å². The minimum atomic E-state index is -2.06. The second kappa shape index (κ2) is 7.34. The summed E-state index contributed by atoms with van der Waals surface area (Å²) in [5, 5.41) is 54.7. The van der Waals surface area contributed by atoms with Crippen molar-refractivity contribution in [2.75, 3.05) is 0 Å². The molecule has 0 aromatic rings. The van der Waals surface area contributed by atoms with Crippen LogP contribution in [0.2, 0.25) is 0 Å². The monoisotopic (exact) mass is 522 g/mol. The molecule has 0 radical (unpaired) electrons. The van der Waals surface area contributed by atoms with Crippen LogP contribution in [0.3, 0.4) is 0 Å². The van der Waals surface area contributed by atoms with Gasteiger partial charge in [0.1, 0.15) is 34.8 Å². The zero-order chi connectivity index (χ0) is 27.1. The Labute approximate surface area is 217 Å². The van der Waals surface area contributed by atoms with Gasteiger partial charge < -0.3 is 35.0 Å². The van der Waals surface area contributed by atoms with Crippen LogP contribution in [0, 0.1) is 34.5 Å². The van der Waals surface area contributed by atoms with Gasteiger partial charge in [0.05, 0.1) is 17.6 Å². The quantitative estimate of drug-likeness (QED) is 0.262. The number of aliphatic hydroxyl groups excluding tert-OH is 2. The molecule has 4 aliphatic carbocycles. The molecule has 0 bridgehead atoms. The summed E-state index contributed by atoms with van der Waals surface area (Å²) >= 11 is 0. The number of epoxide rings is 1. The number of carbonyl (C=O) groups excluding carboxylic acids is 2. The topological polar surface area (TPSA) is 157 Å². The first-order chi connectivity index (χ1) is 17.0. The van der Waals surface area contributed by atoms with Crippen LogP contribution in [0.5, 0.6) is 0 Å². The summed E-state index contributed by atoms with van der Waals surface area (Å²) in [7, 11) is 0. The number of esters is 1.